The van der Waals surface area contributed by atoms with Crippen LogP contribution in [0.15, 0.2) is 24.3 Å². The molecule has 0 radical (unpaired) electrons. The number of rotatable bonds is 3. The maximum atomic E-state index is 5.89. The second-order valence-electron chi connectivity index (χ2n) is 4.92. The van der Waals surface area contributed by atoms with E-state index in [1.807, 2.05) is 12.1 Å². The zero-order valence-electron chi connectivity index (χ0n) is 9.63. The number of halogens is 2. The van der Waals surface area contributed by atoms with Crippen LogP contribution in [0.1, 0.15) is 31.7 Å². The lowest BCUT2D eigenvalue weighted by Gasteiger charge is -2.21. The van der Waals surface area contributed by atoms with E-state index < -0.39 is 0 Å². The molecule has 0 amide bonds. The Hall–Kier alpha value is -0.0100. The van der Waals surface area contributed by atoms with Crippen molar-refractivity contribution in [3.63, 3.8) is 0 Å². The fourth-order valence-electron chi connectivity index (χ4n) is 2.71. The van der Waals surface area contributed by atoms with E-state index in [1.54, 1.807) is 0 Å². The first-order valence-electron chi connectivity index (χ1n) is 6.05. The quantitative estimate of drug-likeness (QED) is 0.683. The van der Waals surface area contributed by atoms with Gasteiger partial charge in [0, 0.05) is 9.85 Å². The van der Waals surface area contributed by atoms with Gasteiger partial charge in [0.25, 0.3) is 0 Å². The van der Waals surface area contributed by atoms with Crippen molar-refractivity contribution < 1.29 is 0 Å². The minimum absolute atomic E-state index is 0.617. The Morgan fingerprint density at radius 1 is 1.31 bits per heavy atom. The summed E-state index contributed by atoms with van der Waals surface area (Å²) < 4.78 is 0. The van der Waals surface area contributed by atoms with Gasteiger partial charge >= 0.3 is 0 Å². The second-order valence-corrected chi connectivity index (χ2v) is 6.53. The van der Waals surface area contributed by atoms with Gasteiger partial charge in [-0.3, -0.25) is 0 Å². The van der Waals surface area contributed by atoms with Gasteiger partial charge < -0.3 is 0 Å². The SMILES string of the molecule is CC1CCCC1C(Br)Cc1ccc(Cl)cc1. The van der Waals surface area contributed by atoms with E-state index in [0.717, 1.165) is 23.3 Å². The Morgan fingerprint density at radius 2 is 2.00 bits per heavy atom. The first-order chi connectivity index (χ1) is 7.66. The van der Waals surface area contributed by atoms with Crippen LogP contribution in [-0.2, 0) is 6.42 Å². The molecule has 0 spiro atoms. The van der Waals surface area contributed by atoms with Crippen molar-refractivity contribution in [3.8, 4) is 0 Å². The van der Waals surface area contributed by atoms with Crippen LogP contribution in [0.3, 0.4) is 0 Å². The van der Waals surface area contributed by atoms with Crippen LogP contribution in [0.25, 0.3) is 0 Å². The first kappa shape index (κ1) is 12.4. The molecule has 0 nitrogen and oxygen atoms in total. The summed E-state index contributed by atoms with van der Waals surface area (Å²) in [5.41, 5.74) is 1.38. The molecule has 0 bridgehead atoms. The standard InChI is InChI=1S/C14H18BrCl/c1-10-3-2-4-13(10)14(15)9-11-5-7-12(16)8-6-11/h5-8,10,13-14H,2-4,9H2,1H3. The Bertz CT molecular complexity index is 333. The Balaban J connectivity index is 1.96. The molecule has 1 aliphatic rings. The fourth-order valence-corrected chi connectivity index (χ4v) is 3.99. The summed E-state index contributed by atoms with van der Waals surface area (Å²) in [6.07, 6.45) is 5.29. The second kappa shape index (κ2) is 5.55. The molecular formula is C14H18BrCl. The molecule has 2 rings (SSSR count). The smallest absolute Gasteiger partial charge is 0.0406 e. The highest BCUT2D eigenvalue weighted by molar-refractivity contribution is 9.09. The molecule has 0 aliphatic heterocycles. The van der Waals surface area contributed by atoms with Crippen LogP contribution in [0.2, 0.25) is 5.02 Å². The molecule has 88 valence electrons. The van der Waals surface area contributed by atoms with Gasteiger partial charge in [0.15, 0.2) is 0 Å². The lowest BCUT2D eigenvalue weighted by molar-refractivity contribution is 0.407. The van der Waals surface area contributed by atoms with Crippen LogP contribution in [-0.4, -0.2) is 4.83 Å². The van der Waals surface area contributed by atoms with Crippen LogP contribution < -0.4 is 0 Å². The fraction of sp³-hybridized carbons (Fsp3) is 0.571. The Labute approximate surface area is 112 Å². The maximum absolute atomic E-state index is 5.89. The minimum Gasteiger partial charge on any atom is -0.0884 e. The van der Waals surface area contributed by atoms with Gasteiger partial charge in [0.2, 0.25) is 0 Å². The third-order valence-electron chi connectivity index (χ3n) is 3.74. The van der Waals surface area contributed by atoms with Crippen molar-refractivity contribution in [1.82, 2.24) is 0 Å². The monoisotopic (exact) mass is 300 g/mol. The van der Waals surface area contributed by atoms with Gasteiger partial charge in [-0.1, -0.05) is 59.4 Å². The summed E-state index contributed by atoms with van der Waals surface area (Å²) >= 11 is 9.75. The van der Waals surface area contributed by atoms with E-state index in [9.17, 15) is 0 Å². The largest absolute Gasteiger partial charge is 0.0884 e. The van der Waals surface area contributed by atoms with E-state index in [1.165, 1.54) is 24.8 Å². The van der Waals surface area contributed by atoms with E-state index in [0.29, 0.717) is 4.83 Å². The molecule has 1 aliphatic carbocycles. The van der Waals surface area contributed by atoms with Crippen LogP contribution in [0.4, 0.5) is 0 Å². The zero-order valence-corrected chi connectivity index (χ0v) is 12.0. The summed E-state index contributed by atoms with van der Waals surface area (Å²) in [6, 6.07) is 8.23. The third-order valence-corrected chi connectivity index (χ3v) is 4.99. The van der Waals surface area contributed by atoms with Crippen molar-refractivity contribution in [2.45, 2.75) is 37.4 Å². The van der Waals surface area contributed by atoms with Crippen LogP contribution in [0.5, 0.6) is 0 Å². The average molecular weight is 302 g/mol. The number of hydrogen-bond donors (Lipinski definition) is 0. The number of benzene rings is 1. The van der Waals surface area contributed by atoms with Crippen molar-refractivity contribution in [1.29, 1.82) is 0 Å². The average Bonchev–Trinajstić information content (AvgIpc) is 2.68. The molecule has 3 unspecified atom stereocenters. The van der Waals surface area contributed by atoms with Gasteiger partial charge in [0.05, 0.1) is 0 Å². The molecule has 0 aromatic heterocycles. The van der Waals surface area contributed by atoms with E-state index >= 15 is 0 Å². The minimum atomic E-state index is 0.617. The first-order valence-corrected chi connectivity index (χ1v) is 7.34. The topological polar surface area (TPSA) is 0 Å². The van der Waals surface area contributed by atoms with E-state index in [-0.39, 0.29) is 0 Å². The van der Waals surface area contributed by atoms with Crippen LogP contribution in [0, 0.1) is 11.8 Å². The Morgan fingerprint density at radius 3 is 2.56 bits per heavy atom. The van der Waals surface area contributed by atoms with Gasteiger partial charge in [-0.15, -0.1) is 0 Å². The van der Waals surface area contributed by atoms with E-state index in [4.69, 9.17) is 11.6 Å². The summed E-state index contributed by atoms with van der Waals surface area (Å²) in [5.74, 6) is 1.72. The highest BCUT2D eigenvalue weighted by atomic mass is 79.9. The lowest BCUT2D eigenvalue weighted by Crippen LogP contribution is -2.19. The van der Waals surface area contributed by atoms with Gasteiger partial charge in [0.1, 0.15) is 0 Å². The molecule has 1 aromatic carbocycles. The summed E-state index contributed by atoms with van der Waals surface area (Å²) in [7, 11) is 0. The van der Waals surface area contributed by atoms with Crippen LogP contribution >= 0.6 is 27.5 Å². The molecule has 1 fully saturated rings. The van der Waals surface area contributed by atoms with E-state index in [2.05, 4.69) is 35.0 Å². The third kappa shape index (κ3) is 3.01. The molecule has 1 saturated carbocycles. The van der Waals surface area contributed by atoms with Gasteiger partial charge in [-0.05, 0) is 42.4 Å². The molecule has 0 heterocycles. The van der Waals surface area contributed by atoms with Crippen molar-refractivity contribution >= 4 is 27.5 Å². The molecular weight excluding hydrogens is 284 g/mol. The molecule has 3 atom stereocenters. The molecule has 0 saturated heterocycles. The van der Waals surface area contributed by atoms with Crippen molar-refractivity contribution in [3.05, 3.63) is 34.9 Å². The highest BCUT2D eigenvalue weighted by Gasteiger charge is 2.29. The lowest BCUT2D eigenvalue weighted by atomic mass is 9.91. The summed E-state index contributed by atoms with van der Waals surface area (Å²) in [6.45, 7) is 2.38. The zero-order chi connectivity index (χ0) is 11.5. The molecule has 2 heteroatoms. The predicted molar refractivity (Wildman–Crippen MR) is 74.4 cm³/mol. The van der Waals surface area contributed by atoms with Gasteiger partial charge in [-0.2, -0.15) is 0 Å². The molecule has 0 N–H and O–H groups in total. The van der Waals surface area contributed by atoms with Crippen molar-refractivity contribution in [2.24, 2.45) is 11.8 Å². The van der Waals surface area contributed by atoms with Gasteiger partial charge in [-0.25, -0.2) is 0 Å². The summed E-state index contributed by atoms with van der Waals surface area (Å²) in [5, 5.41) is 0.823. The summed E-state index contributed by atoms with van der Waals surface area (Å²) in [4.78, 5) is 0.617. The molecule has 16 heavy (non-hydrogen) atoms. The number of hydrogen-bond acceptors (Lipinski definition) is 0. The normalized spacial score (nSPS) is 26.9. The maximum Gasteiger partial charge on any atom is 0.0406 e. The number of alkyl halides is 1. The predicted octanol–water partition coefficient (Wildman–Crippen LogP) is 5.08. The molecule has 1 aromatic rings. The highest BCUT2D eigenvalue weighted by Crippen LogP contribution is 2.37. The Kier molecular flexibility index (Phi) is 4.32. The van der Waals surface area contributed by atoms with Crippen molar-refractivity contribution in [2.75, 3.05) is 0 Å².